The van der Waals surface area contributed by atoms with E-state index in [1.165, 1.54) is 4.90 Å². The molecule has 134 valence electrons. The molecule has 3 aliphatic rings. The van der Waals surface area contributed by atoms with E-state index in [1.807, 2.05) is 0 Å². The highest BCUT2D eigenvalue weighted by Gasteiger charge is 2.45. The molecule has 0 saturated carbocycles. The number of ether oxygens (including phenoxy) is 2. The molecule has 6 heteroatoms. The van der Waals surface area contributed by atoms with E-state index < -0.39 is 0 Å². The van der Waals surface area contributed by atoms with Crippen molar-refractivity contribution in [2.45, 2.75) is 31.5 Å². The molecule has 0 aromatic heterocycles. The molecule has 6 nitrogen and oxygen atoms in total. The fraction of sp³-hybridized carbons (Fsp3) is 0.579. The molecule has 2 fully saturated rings. The van der Waals surface area contributed by atoms with E-state index in [4.69, 9.17) is 9.47 Å². The van der Waals surface area contributed by atoms with E-state index >= 15 is 0 Å². The van der Waals surface area contributed by atoms with Crippen molar-refractivity contribution in [3.63, 3.8) is 0 Å². The lowest BCUT2D eigenvalue weighted by atomic mass is 9.94. The summed E-state index contributed by atoms with van der Waals surface area (Å²) in [4.78, 5) is 28.5. The summed E-state index contributed by atoms with van der Waals surface area (Å²) in [5.74, 6) is -0.339. The first-order valence-electron chi connectivity index (χ1n) is 9.04. The second kappa shape index (κ2) is 6.52. The Kier molecular flexibility index (Phi) is 4.35. The monoisotopic (exact) mass is 344 g/mol. The summed E-state index contributed by atoms with van der Waals surface area (Å²) in [6, 6.07) is 7.04. The summed E-state index contributed by atoms with van der Waals surface area (Å²) in [5.41, 5.74) is 0.859. The third-order valence-electron chi connectivity index (χ3n) is 5.66. The minimum Gasteiger partial charge on any atom is -0.375 e. The van der Waals surface area contributed by atoms with E-state index in [-0.39, 0.29) is 23.5 Å². The van der Waals surface area contributed by atoms with Crippen LogP contribution >= 0.6 is 0 Å². The second-order valence-electron chi connectivity index (χ2n) is 7.11. The van der Waals surface area contributed by atoms with Crippen LogP contribution in [0, 0.1) is 0 Å². The number of benzene rings is 1. The fourth-order valence-corrected chi connectivity index (χ4v) is 4.13. The molecular formula is C19H24N2O4. The predicted molar refractivity (Wildman–Crippen MR) is 91.6 cm³/mol. The van der Waals surface area contributed by atoms with Gasteiger partial charge in [0.15, 0.2) is 0 Å². The molecule has 2 amide bonds. The van der Waals surface area contributed by atoms with Crippen LogP contribution in [0.3, 0.4) is 0 Å². The third-order valence-corrected chi connectivity index (χ3v) is 5.66. The zero-order valence-corrected chi connectivity index (χ0v) is 14.6. The predicted octanol–water partition coefficient (Wildman–Crippen LogP) is 1.55. The van der Waals surface area contributed by atoms with Crippen LogP contribution in [0.5, 0.6) is 0 Å². The largest absolute Gasteiger partial charge is 0.375 e. The number of hydrogen-bond donors (Lipinski definition) is 0. The van der Waals surface area contributed by atoms with Gasteiger partial charge in [-0.1, -0.05) is 12.1 Å². The molecule has 25 heavy (non-hydrogen) atoms. The minimum absolute atomic E-state index is 0.117. The van der Waals surface area contributed by atoms with Crippen LogP contribution in [-0.2, 0) is 9.47 Å². The zero-order chi connectivity index (χ0) is 17.4. The zero-order valence-electron chi connectivity index (χ0n) is 14.6. The van der Waals surface area contributed by atoms with Crippen molar-refractivity contribution in [2.75, 3.05) is 39.4 Å². The van der Waals surface area contributed by atoms with E-state index in [9.17, 15) is 9.59 Å². The Labute approximate surface area is 147 Å². The lowest BCUT2D eigenvalue weighted by Gasteiger charge is -2.42. The van der Waals surface area contributed by atoms with Crippen LogP contribution in [0.2, 0.25) is 0 Å². The summed E-state index contributed by atoms with van der Waals surface area (Å²) >= 11 is 0. The maximum atomic E-state index is 12.4. The van der Waals surface area contributed by atoms with Gasteiger partial charge in [0.1, 0.15) is 5.60 Å². The molecule has 4 rings (SSSR count). The summed E-state index contributed by atoms with van der Waals surface area (Å²) in [7, 11) is 0. The number of morpholine rings is 1. The number of carbonyl (C=O) groups excluding carboxylic acids is 2. The topological polar surface area (TPSA) is 59.1 Å². The quantitative estimate of drug-likeness (QED) is 0.776. The lowest BCUT2D eigenvalue weighted by molar-refractivity contribution is -0.135. The number of rotatable bonds is 4. The highest BCUT2D eigenvalue weighted by Crippen LogP contribution is 2.33. The maximum absolute atomic E-state index is 12.4. The van der Waals surface area contributed by atoms with Crippen molar-refractivity contribution in [3.05, 3.63) is 35.4 Å². The first-order chi connectivity index (χ1) is 12.1. The van der Waals surface area contributed by atoms with Crippen LogP contribution in [-0.4, -0.2) is 72.7 Å². The van der Waals surface area contributed by atoms with Gasteiger partial charge in [-0.3, -0.25) is 19.4 Å². The van der Waals surface area contributed by atoms with Crippen molar-refractivity contribution in [1.82, 2.24) is 9.80 Å². The van der Waals surface area contributed by atoms with Gasteiger partial charge in [0.25, 0.3) is 11.8 Å². The highest BCUT2D eigenvalue weighted by atomic mass is 16.6. The molecule has 1 aromatic carbocycles. The van der Waals surface area contributed by atoms with Gasteiger partial charge in [0.2, 0.25) is 0 Å². The number of amides is 2. The number of carbonyl (C=O) groups is 2. The van der Waals surface area contributed by atoms with Gasteiger partial charge < -0.3 is 9.47 Å². The summed E-state index contributed by atoms with van der Waals surface area (Å²) in [6.45, 7) is 6.60. The number of fused-ring (bicyclic) bond motifs is 1. The van der Waals surface area contributed by atoms with Gasteiger partial charge in [-0.05, 0) is 25.5 Å². The normalized spacial score (nSPS) is 29.6. The number of nitrogens with zero attached hydrogens (tertiary/aromatic N) is 2. The maximum Gasteiger partial charge on any atom is 0.261 e. The Morgan fingerprint density at radius 3 is 2.48 bits per heavy atom. The van der Waals surface area contributed by atoms with Crippen molar-refractivity contribution in [3.8, 4) is 0 Å². The Morgan fingerprint density at radius 1 is 1.12 bits per heavy atom. The van der Waals surface area contributed by atoms with Gasteiger partial charge in [0, 0.05) is 39.2 Å². The first kappa shape index (κ1) is 16.7. The molecule has 2 saturated heterocycles. The third kappa shape index (κ3) is 2.88. The smallest absolute Gasteiger partial charge is 0.261 e. The molecule has 0 N–H and O–H groups in total. The minimum atomic E-state index is -0.187. The SMILES string of the molecule is CC1OCCC12CN(CCCN1C(=O)c3ccccc3C1=O)CCO2. The van der Waals surface area contributed by atoms with Crippen LogP contribution < -0.4 is 0 Å². The van der Waals surface area contributed by atoms with Crippen LogP contribution in [0.1, 0.15) is 40.5 Å². The van der Waals surface area contributed by atoms with E-state index in [2.05, 4.69) is 11.8 Å². The van der Waals surface area contributed by atoms with Gasteiger partial charge in [-0.2, -0.15) is 0 Å². The Hall–Kier alpha value is -1.76. The van der Waals surface area contributed by atoms with Crippen LogP contribution in [0.25, 0.3) is 0 Å². The summed E-state index contributed by atoms with van der Waals surface area (Å²) in [6.07, 6.45) is 1.83. The fourth-order valence-electron chi connectivity index (χ4n) is 4.13. The van der Waals surface area contributed by atoms with Crippen molar-refractivity contribution in [1.29, 1.82) is 0 Å². The van der Waals surface area contributed by atoms with Crippen molar-refractivity contribution < 1.29 is 19.1 Å². The molecule has 2 unspecified atom stereocenters. The van der Waals surface area contributed by atoms with Gasteiger partial charge in [0.05, 0.1) is 23.8 Å². The van der Waals surface area contributed by atoms with E-state index in [0.717, 1.165) is 39.1 Å². The number of imide groups is 1. The summed E-state index contributed by atoms with van der Waals surface area (Å²) in [5, 5.41) is 0. The van der Waals surface area contributed by atoms with E-state index in [0.29, 0.717) is 24.3 Å². The molecular weight excluding hydrogens is 320 g/mol. The van der Waals surface area contributed by atoms with Gasteiger partial charge in [-0.25, -0.2) is 0 Å². The second-order valence-corrected chi connectivity index (χ2v) is 7.11. The average Bonchev–Trinajstić information content (AvgIpc) is 3.08. The average molecular weight is 344 g/mol. The molecule has 3 heterocycles. The molecule has 1 aromatic rings. The van der Waals surface area contributed by atoms with Gasteiger partial charge >= 0.3 is 0 Å². The van der Waals surface area contributed by atoms with Crippen molar-refractivity contribution >= 4 is 11.8 Å². The standard InChI is InChI=1S/C19H24N2O4/c1-14-19(7-11-24-14)13-20(10-12-25-19)8-4-9-21-17(22)15-5-2-3-6-16(15)18(21)23/h2-3,5-6,14H,4,7-13H2,1H3. The Bertz CT molecular complexity index is 657. The molecule has 0 aliphatic carbocycles. The van der Waals surface area contributed by atoms with Gasteiger partial charge in [-0.15, -0.1) is 0 Å². The molecule has 2 atom stereocenters. The first-order valence-corrected chi connectivity index (χ1v) is 9.04. The Balaban J connectivity index is 1.33. The molecule has 1 spiro atoms. The molecule has 0 radical (unpaired) electrons. The lowest BCUT2D eigenvalue weighted by Crippen LogP contribution is -2.55. The molecule has 0 bridgehead atoms. The molecule has 3 aliphatic heterocycles. The summed E-state index contributed by atoms with van der Waals surface area (Å²) < 4.78 is 11.7. The van der Waals surface area contributed by atoms with Crippen LogP contribution in [0.15, 0.2) is 24.3 Å². The number of hydrogen-bond acceptors (Lipinski definition) is 5. The van der Waals surface area contributed by atoms with Crippen molar-refractivity contribution in [2.24, 2.45) is 0 Å². The highest BCUT2D eigenvalue weighted by molar-refractivity contribution is 6.21. The Morgan fingerprint density at radius 2 is 1.84 bits per heavy atom. The van der Waals surface area contributed by atoms with Crippen LogP contribution in [0.4, 0.5) is 0 Å². The van der Waals surface area contributed by atoms with E-state index in [1.54, 1.807) is 24.3 Å².